The average molecular weight is 313 g/mol. The van der Waals surface area contributed by atoms with Crippen LogP contribution in [0.5, 0.6) is 0 Å². The first-order valence-electron chi connectivity index (χ1n) is 6.54. The van der Waals surface area contributed by atoms with Crippen molar-refractivity contribution >= 4 is 15.9 Å². The molecule has 0 aliphatic carbocycles. The number of ether oxygens (including phenoxy) is 2. The molecule has 0 radical (unpaired) electrons. The highest BCUT2D eigenvalue weighted by molar-refractivity contribution is 9.09. The second-order valence-electron chi connectivity index (χ2n) is 5.03. The van der Waals surface area contributed by atoms with Crippen LogP contribution in [-0.4, -0.2) is 26.4 Å². The summed E-state index contributed by atoms with van der Waals surface area (Å²) in [6.45, 7) is 3.79. The Morgan fingerprint density at radius 2 is 2.11 bits per heavy atom. The molecule has 1 aliphatic heterocycles. The molecular weight excluding hydrogens is 292 g/mol. The van der Waals surface area contributed by atoms with Crippen molar-refractivity contribution in [3.05, 3.63) is 35.4 Å². The third-order valence-electron chi connectivity index (χ3n) is 3.54. The fourth-order valence-electron chi connectivity index (χ4n) is 2.41. The van der Waals surface area contributed by atoms with E-state index in [2.05, 4.69) is 47.1 Å². The van der Waals surface area contributed by atoms with E-state index in [4.69, 9.17) is 9.47 Å². The predicted octanol–water partition coefficient (Wildman–Crippen LogP) is 3.74. The van der Waals surface area contributed by atoms with Crippen LogP contribution in [0, 0.1) is 5.92 Å². The van der Waals surface area contributed by atoms with Gasteiger partial charge in [-0.1, -0.05) is 40.2 Å². The van der Waals surface area contributed by atoms with Gasteiger partial charge in [0.15, 0.2) is 0 Å². The molecule has 0 amide bonds. The fraction of sp³-hybridized carbons (Fsp3) is 0.600. The SMILES string of the molecule is COCCc1ccc(C(Br)C2COC(C)C2)cc1. The van der Waals surface area contributed by atoms with Gasteiger partial charge in [-0.25, -0.2) is 0 Å². The summed E-state index contributed by atoms with van der Waals surface area (Å²) in [5.74, 6) is 0.588. The Hall–Kier alpha value is -0.380. The second kappa shape index (κ2) is 6.69. The lowest BCUT2D eigenvalue weighted by Crippen LogP contribution is -2.07. The quantitative estimate of drug-likeness (QED) is 0.771. The molecule has 0 saturated carbocycles. The van der Waals surface area contributed by atoms with E-state index in [0.717, 1.165) is 26.1 Å². The molecule has 1 heterocycles. The highest BCUT2D eigenvalue weighted by Crippen LogP contribution is 2.37. The molecule has 18 heavy (non-hydrogen) atoms. The summed E-state index contributed by atoms with van der Waals surface area (Å²) in [7, 11) is 1.74. The number of hydrogen-bond acceptors (Lipinski definition) is 2. The molecule has 0 spiro atoms. The Morgan fingerprint density at radius 3 is 2.67 bits per heavy atom. The van der Waals surface area contributed by atoms with Gasteiger partial charge in [0.05, 0.1) is 19.3 Å². The molecule has 2 rings (SSSR count). The van der Waals surface area contributed by atoms with Crippen molar-refractivity contribution in [3.8, 4) is 0 Å². The molecule has 1 aromatic carbocycles. The van der Waals surface area contributed by atoms with E-state index in [1.807, 2.05) is 0 Å². The second-order valence-corrected chi connectivity index (χ2v) is 6.01. The van der Waals surface area contributed by atoms with Crippen molar-refractivity contribution in [3.63, 3.8) is 0 Å². The number of rotatable bonds is 5. The van der Waals surface area contributed by atoms with Crippen molar-refractivity contribution in [1.82, 2.24) is 0 Å². The molecule has 1 fully saturated rings. The van der Waals surface area contributed by atoms with Gasteiger partial charge in [-0.3, -0.25) is 0 Å². The molecule has 1 aromatic rings. The molecule has 1 aliphatic rings. The van der Waals surface area contributed by atoms with Crippen molar-refractivity contribution in [2.45, 2.75) is 30.7 Å². The minimum absolute atomic E-state index is 0.399. The van der Waals surface area contributed by atoms with E-state index >= 15 is 0 Å². The summed E-state index contributed by atoms with van der Waals surface area (Å²) >= 11 is 3.81. The van der Waals surface area contributed by atoms with Gasteiger partial charge in [-0.15, -0.1) is 0 Å². The van der Waals surface area contributed by atoms with Gasteiger partial charge >= 0.3 is 0 Å². The van der Waals surface area contributed by atoms with E-state index in [1.54, 1.807) is 7.11 Å². The molecule has 0 N–H and O–H groups in total. The first-order valence-corrected chi connectivity index (χ1v) is 7.45. The Balaban J connectivity index is 1.96. The first kappa shape index (κ1) is 14.0. The molecule has 2 nitrogen and oxygen atoms in total. The summed E-state index contributed by atoms with van der Waals surface area (Å²) in [5.41, 5.74) is 2.68. The lowest BCUT2D eigenvalue weighted by atomic mass is 9.96. The van der Waals surface area contributed by atoms with Crippen molar-refractivity contribution in [2.24, 2.45) is 5.92 Å². The van der Waals surface area contributed by atoms with Gasteiger partial charge in [-0.2, -0.15) is 0 Å². The average Bonchev–Trinajstić information content (AvgIpc) is 2.83. The molecular formula is C15H21BrO2. The van der Waals surface area contributed by atoms with Gasteiger partial charge in [-0.05, 0) is 30.9 Å². The lowest BCUT2D eigenvalue weighted by molar-refractivity contribution is 0.120. The van der Waals surface area contributed by atoms with E-state index in [0.29, 0.717) is 16.8 Å². The van der Waals surface area contributed by atoms with Crippen LogP contribution in [0.25, 0.3) is 0 Å². The van der Waals surface area contributed by atoms with E-state index in [1.165, 1.54) is 11.1 Å². The molecule has 0 aromatic heterocycles. The predicted molar refractivity (Wildman–Crippen MR) is 77.2 cm³/mol. The van der Waals surface area contributed by atoms with E-state index in [9.17, 15) is 0 Å². The van der Waals surface area contributed by atoms with Crippen LogP contribution in [0.4, 0.5) is 0 Å². The van der Waals surface area contributed by atoms with Crippen molar-refractivity contribution in [1.29, 1.82) is 0 Å². The maximum atomic E-state index is 5.64. The van der Waals surface area contributed by atoms with Crippen LogP contribution in [0.15, 0.2) is 24.3 Å². The Kier molecular flexibility index (Phi) is 5.22. The van der Waals surface area contributed by atoms with E-state index in [-0.39, 0.29) is 0 Å². The zero-order chi connectivity index (χ0) is 13.0. The van der Waals surface area contributed by atoms with Gasteiger partial charge in [0.1, 0.15) is 0 Å². The van der Waals surface area contributed by atoms with Crippen LogP contribution < -0.4 is 0 Å². The summed E-state index contributed by atoms with van der Waals surface area (Å²) in [6, 6.07) is 8.82. The molecule has 3 unspecified atom stereocenters. The first-order chi connectivity index (χ1) is 8.70. The Labute approximate surface area is 118 Å². The Morgan fingerprint density at radius 1 is 1.39 bits per heavy atom. The number of hydrogen-bond donors (Lipinski definition) is 0. The van der Waals surface area contributed by atoms with Gasteiger partial charge in [0.25, 0.3) is 0 Å². The van der Waals surface area contributed by atoms with Crippen molar-refractivity contribution < 1.29 is 9.47 Å². The third kappa shape index (κ3) is 3.56. The topological polar surface area (TPSA) is 18.5 Å². The minimum atomic E-state index is 0.399. The van der Waals surface area contributed by atoms with Gasteiger partial charge in [0.2, 0.25) is 0 Å². The summed E-state index contributed by atoms with van der Waals surface area (Å²) in [6.07, 6.45) is 2.52. The van der Waals surface area contributed by atoms with Gasteiger partial charge in [0, 0.05) is 17.9 Å². The largest absolute Gasteiger partial charge is 0.384 e. The number of alkyl halides is 1. The molecule has 1 saturated heterocycles. The van der Waals surface area contributed by atoms with Crippen LogP contribution >= 0.6 is 15.9 Å². The maximum absolute atomic E-state index is 5.64. The van der Waals surface area contributed by atoms with Crippen molar-refractivity contribution in [2.75, 3.05) is 20.3 Å². The van der Waals surface area contributed by atoms with Crippen LogP contribution in [0.3, 0.4) is 0 Å². The lowest BCUT2D eigenvalue weighted by Gasteiger charge is -2.16. The zero-order valence-corrected chi connectivity index (χ0v) is 12.7. The fourth-order valence-corrected chi connectivity index (χ4v) is 3.09. The zero-order valence-electron chi connectivity index (χ0n) is 11.1. The molecule has 3 atom stereocenters. The number of methoxy groups -OCH3 is 1. The molecule has 3 heteroatoms. The van der Waals surface area contributed by atoms with Crippen LogP contribution in [-0.2, 0) is 15.9 Å². The van der Waals surface area contributed by atoms with E-state index < -0.39 is 0 Å². The summed E-state index contributed by atoms with van der Waals surface area (Å²) in [4.78, 5) is 0.402. The standard InChI is InChI=1S/C15H21BrO2/c1-11-9-14(10-18-11)15(16)13-5-3-12(4-6-13)7-8-17-2/h3-6,11,14-15H,7-10H2,1-2H3. The van der Waals surface area contributed by atoms with Crippen LogP contribution in [0.1, 0.15) is 29.3 Å². The molecule has 0 bridgehead atoms. The highest BCUT2D eigenvalue weighted by Gasteiger charge is 2.28. The van der Waals surface area contributed by atoms with Crippen LogP contribution in [0.2, 0.25) is 0 Å². The highest BCUT2D eigenvalue weighted by atomic mass is 79.9. The maximum Gasteiger partial charge on any atom is 0.0551 e. The third-order valence-corrected chi connectivity index (χ3v) is 4.81. The summed E-state index contributed by atoms with van der Waals surface area (Å²) < 4.78 is 10.7. The molecule has 100 valence electrons. The summed E-state index contributed by atoms with van der Waals surface area (Å²) in [5, 5.41) is 0. The number of benzene rings is 1. The monoisotopic (exact) mass is 312 g/mol. The smallest absolute Gasteiger partial charge is 0.0551 e. The normalized spacial score (nSPS) is 25.3. The van der Waals surface area contributed by atoms with Gasteiger partial charge < -0.3 is 9.47 Å². The minimum Gasteiger partial charge on any atom is -0.384 e. The number of halogens is 1. The Bertz CT molecular complexity index is 363.